The molecule has 0 radical (unpaired) electrons. The van der Waals surface area contributed by atoms with E-state index in [-0.39, 0.29) is 6.04 Å². The number of hydrogen-bond donors (Lipinski definition) is 1. The minimum absolute atomic E-state index is 0.206. The average Bonchev–Trinajstić information content (AvgIpc) is 2.22. The fraction of sp³-hybridized carbons (Fsp3) is 0.500. The Kier molecular flexibility index (Phi) is 4.91. The van der Waals surface area contributed by atoms with Gasteiger partial charge < -0.3 is 5.73 Å². The van der Waals surface area contributed by atoms with Gasteiger partial charge >= 0.3 is 0 Å². The maximum Gasteiger partial charge on any atom is 0.0452 e. The second kappa shape index (κ2) is 5.74. The monoisotopic (exact) mass is 245 g/mol. The first-order valence-electron chi connectivity index (χ1n) is 5.24. The van der Waals surface area contributed by atoms with Gasteiger partial charge in [0.1, 0.15) is 0 Å². The lowest BCUT2D eigenvalue weighted by molar-refractivity contribution is 0.442. The molecule has 0 bridgehead atoms. The Hall–Kier alpha value is -0.240. The Balaban J connectivity index is 2.80. The van der Waals surface area contributed by atoms with Gasteiger partial charge in [-0.15, -0.1) is 0 Å². The average molecular weight is 246 g/mol. The molecule has 2 atom stereocenters. The second-order valence-corrected chi connectivity index (χ2v) is 4.77. The van der Waals surface area contributed by atoms with Gasteiger partial charge in [0.2, 0.25) is 0 Å². The maximum absolute atomic E-state index is 6.10. The fourth-order valence-corrected chi connectivity index (χ4v) is 2.15. The Morgan fingerprint density at radius 2 is 1.80 bits per heavy atom. The van der Waals surface area contributed by atoms with Crippen molar-refractivity contribution in [1.82, 2.24) is 0 Å². The first kappa shape index (κ1) is 12.8. The van der Waals surface area contributed by atoms with Crippen molar-refractivity contribution in [2.24, 2.45) is 11.7 Å². The summed E-state index contributed by atoms with van der Waals surface area (Å²) in [5.41, 5.74) is 6.99. The van der Waals surface area contributed by atoms with Crippen LogP contribution in [-0.4, -0.2) is 6.04 Å². The van der Waals surface area contributed by atoms with Crippen LogP contribution in [0.15, 0.2) is 18.2 Å². The topological polar surface area (TPSA) is 26.0 Å². The molecule has 2 unspecified atom stereocenters. The van der Waals surface area contributed by atoms with Crippen molar-refractivity contribution >= 4 is 23.2 Å². The summed E-state index contributed by atoms with van der Waals surface area (Å²) in [6.07, 6.45) is 1.82. The van der Waals surface area contributed by atoms with Crippen LogP contribution in [-0.2, 0) is 6.42 Å². The van der Waals surface area contributed by atoms with Crippen LogP contribution < -0.4 is 5.73 Å². The summed E-state index contributed by atoms with van der Waals surface area (Å²) in [4.78, 5) is 0. The van der Waals surface area contributed by atoms with Crippen molar-refractivity contribution in [2.75, 3.05) is 0 Å². The first-order valence-corrected chi connectivity index (χ1v) is 6.00. The van der Waals surface area contributed by atoms with Crippen molar-refractivity contribution in [2.45, 2.75) is 32.7 Å². The van der Waals surface area contributed by atoms with E-state index in [2.05, 4.69) is 13.8 Å². The largest absolute Gasteiger partial charge is 0.327 e. The summed E-state index contributed by atoms with van der Waals surface area (Å²) in [6, 6.07) is 5.80. The molecule has 0 aliphatic rings. The molecule has 2 N–H and O–H groups in total. The van der Waals surface area contributed by atoms with E-state index in [0.29, 0.717) is 5.92 Å². The molecule has 84 valence electrons. The minimum Gasteiger partial charge on any atom is -0.327 e. The molecule has 0 aliphatic heterocycles. The Morgan fingerprint density at radius 1 is 1.27 bits per heavy atom. The standard InChI is InChI=1S/C12H17Cl2N/c1-3-12(15)8(2)7-9-10(13)5-4-6-11(9)14/h4-6,8,12H,3,7,15H2,1-2H3. The van der Waals surface area contributed by atoms with E-state index in [9.17, 15) is 0 Å². The maximum atomic E-state index is 6.10. The molecule has 15 heavy (non-hydrogen) atoms. The molecule has 0 fully saturated rings. The third-order valence-electron chi connectivity index (χ3n) is 2.79. The van der Waals surface area contributed by atoms with E-state index in [0.717, 1.165) is 28.5 Å². The lowest BCUT2D eigenvalue weighted by atomic mass is 9.93. The van der Waals surface area contributed by atoms with Crippen LogP contribution in [0.25, 0.3) is 0 Å². The highest BCUT2D eigenvalue weighted by Gasteiger charge is 2.14. The van der Waals surface area contributed by atoms with Crippen molar-refractivity contribution in [3.8, 4) is 0 Å². The van der Waals surface area contributed by atoms with Crippen LogP contribution in [0.3, 0.4) is 0 Å². The zero-order valence-electron chi connectivity index (χ0n) is 9.13. The smallest absolute Gasteiger partial charge is 0.0452 e. The van der Waals surface area contributed by atoms with Crippen LogP contribution in [0.1, 0.15) is 25.8 Å². The van der Waals surface area contributed by atoms with Crippen molar-refractivity contribution < 1.29 is 0 Å². The van der Waals surface area contributed by atoms with Crippen LogP contribution >= 0.6 is 23.2 Å². The van der Waals surface area contributed by atoms with Crippen LogP contribution in [0, 0.1) is 5.92 Å². The lowest BCUT2D eigenvalue weighted by Crippen LogP contribution is -2.28. The number of rotatable bonds is 4. The molecule has 3 heteroatoms. The predicted molar refractivity (Wildman–Crippen MR) is 67.6 cm³/mol. The van der Waals surface area contributed by atoms with Gasteiger partial charge in [0.25, 0.3) is 0 Å². The van der Waals surface area contributed by atoms with E-state index >= 15 is 0 Å². The summed E-state index contributed by atoms with van der Waals surface area (Å²) in [5, 5.41) is 1.47. The van der Waals surface area contributed by atoms with E-state index < -0.39 is 0 Å². The van der Waals surface area contributed by atoms with Crippen LogP contribution in [0.5, 0.6) is 0 Å². The Morgan fingerprint density at radius 3 is 2.27 bits per heavy atom. The SMILES string of the molecule is CCC(N)C(C)Cc1c(Cl)cccc1Cl. The second-order valence-electron chi connectivity index (χ2n) is 3.95. The highest BCUT2D eigenvalue weighted by Crippen LogP contribution is 2.27. The molecule has 1 aromatic rings. The van der Waals surface area contributed by atoms with Gasteiger partial charge in [0.15, 0.2) is 0 Å². The normalized spacial score (nSPS) is 15.0. The molecule has 1 nitrogen and oxygen atoms in total. The molecule has 0 saturated carbocycles. The highest BCUT2D eigenvalue weighted by molar-refractivity contribution is 6.35. The third kappa shape index (κ3) is 3.37. The number of benzene rings is 1. The zero-order valence-corrected chi connectivity index (χ0v) is 10.6. The fourth-order valence-electron chi connectivity index (χ4n) is 1.60. The predicted octanol–water partition coefficient (Wildman–Crippen LogP) is 3.91. The summed E-state index contributed by atoms with van der Waals surface area (Å²) < 4.78 is 0. The molecule has 0 aliphatic carbocycles. The van der Waals surface area contributed by atoms with Gasteiger partial charge in [-0.2, -0.15) is 0 Å². The molecular weight excluding hydrogens is 229 g/mol. The van der Waals surface area contributed by atoms with Gasteiger partial charge in [-0.05, 0) is 36.5 Å². The summed E-state index contributed by atoms with van der Waals surface area (Å²) in [5.74, 6) is 0.396. The van der Waals surface area contributed by atoms with Crippen molar-refractivity contribution in [1.29, 1.82) is 0 Å². The quantitative estimate of drug-likeness (QED) is 0.856. The van der Waals surface area contributed by atoms with E-state index in [4.69, 9.17) is 28.9 Å². The molecule has 1 aromatic carbocycles. The van der Waals surface area contributed by atoms with Gasteiger partial charge in [-0.1, -0.05) is 43.1 Å². The summed E-state index contributed by atoms with van der Waals surface area (Å²) in [6.45, 7) is 4.23. The summed E-state index contributed by atoms with van der Waals surface area (Å²) in [7, 11) is 0. The molecular formula is C12H17Cl2N. The van der Waals surface area contributed by atoms with Crippen molar-refractivity contribution in [3.63, 3.8) is 0 Å². The zero-order chi connectivity index (χ0) is 11.4. The van der Waals surface area contributed by atoms with E-state index in [1.165, 1.54) is 0 Å². The highest BCUT2D eigenvalue weighted by atomic mass is 35.5. The van der Waals surface area contributed by atoms with E-state index in [1.54, 1.807) is 0 Å². The number of hydrogen-bond acceptors (Lipinski definition) is 1. The van der Waals surface area contributed by atoms with Crippen molar-refractivity contribution in [3.05, 3.63) is 33.8 Å². The first-order chi connectivity index (χ1) is 7.06. The Labute approximate surface area is 102 Å². The van der Waals surface area contributed by atoms with Gasteiger partial charge in [0, 0.05) is 16.1 Å². The molecule has 0 saturated heterocycles. The molecule has 1 rings (SSSR count). The van der Waals surface area contributed by atoms with E-state index in [1.807, 2.05) is 18.2 Å². The van der Waals surface area contributed by atoms with Gasteiger partial charge in [0.05, 0.1) is 0 Å². The van der Waals surface area contributed by atoms with Gasteiger partial charge in [-0.3, -0.25) is 0 Å². The number of halogens is 2. The van der Waals surface area contributed by atoms with Crippen LogP contribution in [0.2, 0.25) is 10.0 Å². The van der Waals surface area contributed by atoms with Gasteiger partial charge in [-0.25, -0.2) is 0 Å². The molecule has 0 aromatic heterocycles. The Bertz CT molecular complexity index is 305. The third-order valence-corrected chi connectivity index (χ3v) is 3.50. The molecule has 0 spiro atoms. The van der Waals surface area contributed by atoms with Crippen LogP contribution in [0.4, 0.5) is 0 Å². The lowest BCUT2D eigenvalue weighted by Gasteiger charge is -2.19. The number of nitrogens with two attached hydrogens (primary N) is 1. The molecule has 0 amide bonds. The minimum atomic E-state index is 0.206. The molecule has 0 heterocycles. The summed E-state index contributed by atoms with van der Waals surface area (Å²) >= 11 is 12.2.